The summed E-state index contributed by atoms with van der Waals surface area (Å²) in [4.78, 5) is 13.3. The number of hydrogen-bond acceptors (Lipinski definition) is 16. The lowest BCUT2D eigenvalue weighted by Crippen LogP contribution is -2.60. The Bertz CT molecular complexity index is 1550. The minimum Gasteiger partial charge on any atom is -0.506 e. The molecule has 2 aliphatic heterocycles. The summed E-state index contributed by atoms with van der Waals surface area (Å²) in [6, 6.07) is 6.00. The van der Waals surface area contributed by atoms with Crippen molar-refractivity contribution in [2.75, 3.05) is 20.3 Å². The van der Waals surface area contributed by atoms with Gasteiger partial charge in [0.05, 0.1) is 25.9 Å². The van der Waals surface area contributed by atoms with Crippen molar-refractivity contribution in [1.82, 2.24) is 0 Å². The van der Waals surface area contributed by atoms with E-state index in [9.17, 15) is 55.9 Å². The van der Waals surface area contributed by atoms with E-state index in [2.05, 4.69) is 0 Å². The monoisotopic (exact) mass is 624 g/mol. The van der Waals surface area contributed by atoms with E-state index >= 15 is 0 Å². The fraction of sp³-hybridized carbons (Fsp3) is 0.464. The normalized spacial score (nSPS) is 32.5. The Balaban J connectivity index is 1.53. The van der Waals surface area contributed by atoms with Gasteiger partial charge in [0.1, 0.15) is 83.2 Å². The molecule has 2 saturated heterocycles. The van der Waals surface area contributed by atoms with Crippen molar-refractivity contribution in [2.45, 2.75) is 61.2 Å². The van der Waals surface area contributed by atoms with Crippen molar-refractivity contribution in [1.29, 1.82) is 0 Å². The molecular weight excluding hydrogens is 592 g/mol. The number of phenolic OH excluding ortho intramolecular Hbond substituents is 2. The minimum absolute atomic E-state index is 0.0804. The van der Waals surface area contributed by atoms with E-state index in [4.69, 9.17) is 23.4 Å². The Morgan fingerprint density at radius 2 is 1.41 bits per heavy atom. The number of benzene rings is 2. The summed E-state index contributed by atoms with van der Waals surface area (Å²) in [5.74, 6) is -1.63. The Kier molecular flexibility index (Phi) is 9.01. The van der Waals surface area contributed by atoms with Crippen LogP contribution in [0.4, 0.5) is 0 Å². The molecule has 4 unspecified atom stereocenters. The van der Waals surface area contributed by atoms with Gasteiger partial charge in [0.15, 0.2) is 16.9 Å². The number of aliphatic hydroxyl groups is 8. The summed E-state index contributed by atoms with van der Waals surface area (Å²) in [7, 11) is 1.22. The highest BCUT2D eigenvalue weighted by Gasteiger charge is 2.47. The van der Waals surface area contributed by atoms with E-state index in [1.807, 2.05) is 0 Å². The van der Waals surface area contributed by atoms with E-state index in [1.54, 1.807) is 0 Å². The van der Waals surface area contributed by atoms with Gasteiger partial charge in [0.2, 0.25) is 6.29 Å². The smallest absolute Gasteiger partial charge is 0.229 e. The molecular formula is C28H32O16. The second kappa shape index (κ2) is 12.4. The van der Waals surface area contributed by atoms with Crippen LogP contribution in [0, 0.1) is 0 Å². The van der Waals surface area contributed by atoms with E-state index in [0.717, 1.165) is 6.07 Å². The molecule has 16 heteroatoms. The molecule has 2 fully saturated rings. The lowest BCUT2D eigenvalue weighted by atomic mass is 9.89. The lowest BCUT2D eigenvalue weighted by Gasteiger charge is -2.40. The van der Waals surface area contributed by atoms with Gasteiger partial charge in [-0.25, -0.2) is 0 Å². The summed E-state index contributed by atoms with van der Waals surface area (Å²) in [6.07, 6.45) is -16.0. The number of phenols is 2. The highest BCUT2D eigenvalue weighted by Crippen LogP contribution is 2.45. The molecule has 0 aliphatic carbocycles. The number of fused-ring (bicyclic) bond motifs is 1. The number of hydrogen-bond donors (Lipinski definition) is 10. The van der Waals surface area contributed by atoms with Crippen LogP contribution in [0.25, 0.3) is 22.3 Å². The van der Waals surface area contributed by atoms with E-state index in [-0.39, 0.29) is 39.4 Å². The van der Waals surface area contributed by atoms with Gasteiger partial charge in [-0.15, -0.1) is 0 Å². The predicted molar refractivity (Wildman–Crippen MR) is 145 cm³/mol. The Hall–Kier alpha value is -3.55. The van der Waals surface area contributed by atoms with Crippen molar-refractivity contribution in [3.63, 3.8) is 0 Å². The third kappa shape index (κ3) is 5.45. The second-order valence-electron chi connectivity index (χ2n) is 10.4. The molecule has 0 bridgehead atoms. The number of aliphatic hydroxyl groups excluding tert-OH is 8. The van der Waals surface area contributed by atoms with Crippen LogP contribution in [-0.2, 0) is 9.47 Å². The molecule has 2 aliphatic rings. The molecule has 0 saturated carbocycles. The van der Waals surface area contributed by atoms with Crippen LogP contribution >= 0.6 is 0 Å². The zero-order valence-electron chi connectivity index (χ0n) is 23.0. The quantitative estimate of drug-likeness (QED) is 0.131. The topological polar surface area (TPSA) is 269 Å². The van der Waals surface area contributed by atoms with Crippen molar-refractivity contribution in [3.05, 3.63) is 46.1 Å². The molecule has 0 spiro atoms. The van der Waals surface area contributed by atoms with E-state index < -0.39 is 91.4 Å². The second-order valence-corrected chi connectivity index (χ2v) is 10.4. The highest BCUT2D eigenvalue weighted by atomic mass is 16.7. The van der Waals surface area contributed by atoms with Crippen LogP contribution in [0.2, 0.25) is 0 Å². The van der Waals surface area contributed by atoms with Gasteiger partial charge >= 0.3 is 0 Å². The average molecular weight is 625 g/mol. The average Bonchev–Trinajstić information content (AvgIpc) is 3.01. The minimum atomic E-state index is -1.78. The first-order valence-corrected chi connectivity index (χ1v) is 13.4. The number of aromatic hydroxyl groups is 2. The van der Waals surface area contributed by atoms with Crippen LogP contribution in [0.15, 0.2) is 39.5 Å². The third-order valence-corrected chi connectivity index (χ3v) is 7.73. The molecule has 44 heavy (non-hydrogen) atoms. The summed E-state index contributed by atoms with van der Waals surface area (Å²) < 4.78 is 27.6. The van der Waals surface area contributed by atoms with Crippen molar-refractivity contribution in [3.8, 4) is 34.3 Å². The fourth-order valence-electron chi connectivity index (χ4n) is 5.27. The lowest BCUT2D eigenvalue weighted by molar-refractivity contribution is -0.277. The van der Waals surface area contributed by atoms with E-state index in [0.29, 0.717) is 0 Å². The van der Waals surface area contributed by atoms with Crippen LogP contribution in [0.3, 0.4) is 0 Å². The zero-order valence-corrected chi connectivity index (χ0v) is 23.0. The number of ether oxygens (including phenoxy) is 4. The van der Waals surface area contributed by atoms with Crippen LogP contribution < -0.4 is 14.9 Å². The molecule has 2 aromatic carbocycles. The van der Waals surface area contributed by atoms with Gasteiger partial charge < -0.3 is 74.4 Å². The van der Waals surface area contributed by atoms with Gasteiger partial charge in [-0.1, -0.05) is 0 Å². The first-order chi connectivity index (χ1) is 20.9. The first-order valence-electron chi connectivity index (χ1n) is 13.4. The zero-order chi connectivity index (χ0) is 32.0. The van der Waals surface area contributed by atoms with Gasteiger partial charge in [0, 0.05) is 17.7 Å². The third-order valence-electron chi connectivity index (χ3n) is 7.73. The Labute approximate surface area is 247 Å². The summed E-state index contributed by atoms with van der Waals surface area (Å²) in [5.41, 5.74) is -1.02. The Morgan fingerprint density at radius 1 is 0.773 bits per heavy atom. The maximum absolute atomic E-state index is 13.3. The maximum Gasteiger partial charge on any atom is 0.229 e. The molecule has 240 valence electrons. The van der Waals surface area contributed by atoms with Crippen molar-refractivity contribution < 1.29 is 74.4 Å². The highest BCUT2D eigenvalue weighted by molar-refractivity contribution is 5.88. The SMILES string of the molecule is COc1cc2oc(-c3ccc(O)c(O[C@@H]4OC(CO)[C@@H](O)[C@H](O)C4O)c3)cc(=O)c2c(O)c1[C@@H]1OC(CO)[C@@H](O)[C@H](O)C1O. The predicted octanol–water partition coefficient (Wildman–Crippen LogP) is -2.43. The van der Waals surface area contributed by atoms with Crippen LogP contribution in [0.1, 0.15) is 11.7 Å². The molecule has 1 aromatic heterocycles. The summed E-state index contributed by atoms with van der Waals surface area (Å²) in [6.45, 7) is -1.42. The molecule has 0 radical (unpaired) electrons. The molecule has 10 atom stereocenters. The molecule has 10 N–H and O–H groups in total. The number of methoxy groups -OCH3 is 1. The standard InChI is InChI=1S/C28H32O16/c1-40-14-6-15-18(22(35)19(14)27-25(38)23(36)20(33)16(7-29)42-27)11(32)5-12(41-15)9-2-3-10(31)13(4-9)43-28-26(39)24(37)21(34)17(8-30)44-28/h2-6,16-17,20-21,23-31,33-39H,7-8H2,1H3/t16?,17?,20-,21-,23+,24+,25?,26?,27+,28-/m1/s1. The van der Waals surface area contributed by atoms with Gasteiger partial charge in [-0.2, -0.15) is 0 Å². The fourth-order valence-corrected chi connectivity index (χ4v) is 5.27. The number of rotatable bonds is 7. The van der Waals surface area contributed by atoms with Crippen molar-refractivity contribution >= 4 is 11.0 Å². The molecule has 16 nitrogen and oxygen atoms in total. The first kappa shape index (κ1) is 31.9. The summed E-state index contributed by atoms with van der Waals surface area (Å²) >= 11 is 0. The largest absolute Gasteiger partial charge is 0.506 e. The van der Waals surface area contributed by atoms with Gasteiger partial charge in [-0.05, 0) is 18.2 Å². The Morgan fingerprint density at radius 3 is 2.05 bits per heavy atom. The molecule has 3 aromatic rings. The van der Waals surface area contributed by atoms with E-state index in [1.165, 1.54) is 31.4 Å². The van der Waals surface area contributed by atoms with Crippen molar-refractivity contribution in [2.24, 2.45) is 0 Å². The van der Waals surface area contributed by atoms with Gasteiger partial charge in [-0.3, -0.25) is 4.79 Å². The molecule has 3 heterocycles. The van der Waals surface area contributed by atoms with Crippen LogP contribution in [0.5, 0.6) is 23.0 Å². The van der Waals surface area contributed by atoms with Crippen LogP contribution in [-0.4, -0.2) is 127 Å². The molecule has 0 amide bonds. The summed E-state index contributed by atoms with van der Waals surface area (Å²) in [5, 5.41) is 101. The maximum atomic E-state index is 13.3. The molecule has 5 rings (SSSR count). The van der Waals surface area contributed by atoms with Gasteiger partial charge in [0.25, 0.3) is 0 Å².